The predicted octanol–water partition coefficient (Wildman–Crippen LogP) is 5.66. The molecule has 3 aromatic rings. The van der Waals surface area contributed by atoms with E-state index < -0.39 is 5.97 Å². The lowest BCUT2D eigenvalue weighted by Gasteiger charge is -2.14. The molecule has 0 bridgehead atoms. The van der Waals surface area contributed by atoms with Gasteiger partial charge < -0.3 is 14.2 Å². The Kier molecular flexibility index (Phi) is 7.10. The highest BCUT2D eigenvalue weighted by Crippen LogP contribution is 2.35. The molecular weight excluding hydrogens is 446 g/mol. The van der Waals surface area contributed by atoms with Gasteiger partial charge in [-0.1, -0.05) is 58.4 Å². The molecule has 0 aliphatic rings. The predicted molar refractivity (Wildman–Crippen MR) is 119 cm³/mol. The van der Waals surface area contributed by atoms with Crippen LogP contribution >= 0.6 is 15.9 Å². The maximum absolute atomic E-state index is 11.9. The summed E-state index contributed by atoms with van der Waals surface area (Å²) in [7, 11) is 1.54. The summed E-state index contributed by atoms with van der Waals surface area (Å²) in [4.78, 5) is 11.9. The molecule has 0 N–H and O–H groups in total. The van der Waals surface area contributed by atoms with Crippen molar-refractivity contribution >= 4 is 38.7 Å². The van der Waals surface area contributed by atoms with E-state index in [1.165, 1.54) is 13.2 Å². The van der Waals surface area contributed by atoms with Crippen LogP contribution in [0.3, 0.4) is 0 Å². The van der Waals surface area contributed by atoms with Crippen molar-refractivity contribution in [2.24, 2.45) is 0 Å². The first-order valence-electron chi connectivity index (χ1n) is 9.33. The molecule has 0 amide bonds. The van der Waals surface area contributed by atoms with E-state index >= 15 is 0 Å². The number of benzene rings is 3. The van der Waals surface area contributed by atoms with Gasteiger partial charge in [0, 0.05) is 4.47 Å². The molecule has 0 unspecified atom stereocenters. The molecule has 6 heteroatoms. The summed E-state index contributed by atoms with van der Waals surface area (Å²) in [6.45, 7) is 2.25. The van der Waals surface area contributed by atoms with Gasteiger partial charge in [-0.05, 0) is 47.0 Å². The molecule has 0 aliphatic carbocycles. The van der Waals surface area contributed by atoms with E-state index in [2.05, 4.69) is 34.1 Å². The lowest BCUT2D eigenvalue weighted by atomic mass is 10.1. The number of carbonyl (C=O) groups excluding carboxylic acids is 1. The Bertz CT molecular complexity index is 1140. The third-order valence-corrected chi connectivity index (χ3v) is 5.15. The molecule has 0 heterocycles. The molecule has 0 fully saturated rings. The van der Waals surface area contributed by atoms with Gasteiger partial charge in [0.25, 0.3) is 0 Å². The summed E-state index contributed by atoms with van der Waals surface area (Å²) < 4.78 is 17.1. The van der Waals surface area contributed by atoms with Gasteiger partial charge in [0.2, 0.25) is 0 Å². The van der Waals surface area contributed by atoms with Gasteiger partial charge in [-0.2, -0.15) is 5.26 Å². The first kappa shape index (κ1) is 21.4. The maximum Gasteiger partial charge on any atom is 0.348 e. The molecule has 5 nitrogen and oxygen atoms in total. The summed E-state index contributed by atoms with van der Waals surface area (Å²) in [6, 6.07) is 19.6. The van der Waals surface area contributed by atoms with Gasteiger partial charge >= 0.3 is 5.97 Å². The fourth-order valence-corrected chi connectivity index (χ4v) is 3.45. The highest BCUT2D eigenvalue weighted by molar-refractivity contribution is 9.10. The number of halogens is 1. The average molecular weight is 466 g/mol. The highest BCUT2D eigenvalue weighted by Gasteiger charge is 2.14. The SMILES string of the molecule is CCOC(=O)/C(C#N)=C\c1cc(OC)c(OCc2cccc3ccccc23)cc1Br. The van der Waals surface area contributed by atoms with Gasteiger partial charge in [-0.15, -0.1) is 0 Å². The minimum atomic E-state index is -0.665. The second-order valence-corrected chi connectivity index (χ2v) is 7.20. The molecule has 0 spiro atoms. The van der Waals surface area contributed by atoms with Gasteiger partial charge in [0.05, 0.1) is 13.7 Å². The van der Waals surface area contributed by atoms with Gasteiger partial charge in [-0.3, -0.25) is 0 Å². The largest absolute Gasteiger partial charge is 0.493 e. The lowest BCUT2D eigenvalue weighted by molar-refractivity contribution is -0.137. The number of hydrogen-bond acceptors (Lipinski definition) is 5. The van der Waals surface area contributed by atoms with Crippen LogP contribution in [0.15, 0.2) is 64.6 Å². The third kappa shape index (κ3) is 4.81. The average Bonchev–Trinajstić information content (AvgIpc) is 2.77. The number of fused-ring (bicyclic) bond motifs is 1. The molecular formula is C24H20BrNO4. The normalized spacial score (nSPS) is 11.1. The van der Waals surface area contributed by atoms with Crippen molar-refractivity contribution in [2.45, 2.75) is 13.5 Å². The molecule has 0 atom stereocenters. The van der Waals surface area contributed by atoms with Crippen molar-refractivity contribution < 1.29 is 19.0 Å². The Balaban J connectivity index is 1.89. The van der Waals surface area contributed by atoms with Gasteiger partial charge in [0.15, 0.2) is 11.5 Å². The van der Waals surface area contributed by atoms with Crippen molar-refractivity contribution in [2.75, 3.05) is 13.7 Å². The molecule has 0 radical (unpaired) electrons. The Hall–Kier alpha value is -3.30. The smallest absolute Gasteiger partial charge is 0.348 e. The molecule has 30 heavy (non-hydrogen) atoms. The van der Waals surface area contributed by atoms with E-state index in [4.69, 9.17) is 14.2 Å². The van der Waals surface area contributed by atoms with Crippen LogP contribution in [0, 0.1) is 11.3 Å². The van der Waals surface area contributed by atoms with E-state index in [0.29, 0.717) is 28.1 Å². The van der Waals surface area contributed by atoms with Crippen molar-refractivity contribution in [3.63, 3.8) is 0 Å². The highest BCUT2D eigenvalue weighted by atomic mass is 79.9. The van der Waals surface area contributed by atoms with E-state index in [1.807, 2.05) is 30.3 Å². The first-order chi connectivity index (χ1) is 14.6. The lowest BCUT2D eigenvalue weighted by Crippen LogP contribution is -2.06. The second kappa shape index (κ2) is 9.95. The van der Waals surface area contributed by atoms with Gasteiger partial charge in [0.1, 0.15) is 18.2 Å². The van der Waals surface area contributed by atoms with Crippen LogP contribution in [0.5, 0.6) is 11.5 Å². The molecule has 152 valence electrons. The van der Waals surface area contributed by atoms with Crippen molar-refractivity contribution in [1.82, 2.24) is 0 Å². The fourth-order valence-electron chi connectivity index (χ4n) is 3.01. The third-order valence-electron chi connectivity index (χ3n) is 4.46. The Morgan fingerprint density at radius 2 is 1.90 bits per heavy atom. The zero-order valence-corrected chi connectivity index (χ0v) is 18.2. The van der Waals surface area contributed by atoms with E-state index in [1.54, 1.807) is 19.1 Å². The van der Waals surface area contributed by atoms with Crippen LogP contribution < -0.4 is 9.47 Å². The van der Waals surface area contributed by atoms with E-state index in [-0.39, 0.29) is 12.2 Å². The minimum Gasteiger partial charge on any atom is -0.493 e. The zero-order chi connectivity index (χ0) is 21.5. The molecule has 3 rings (SSSR count). The number of nitrogens with zero attached hydrogens (tertiary/aromatic N) is 1. The van der Waals surface area contributed by atoms with Crippen LogP contribution in [0.1, 0.15) is 18.1 Å². The monoisotopic (exact) mass is 465 g/mol. The van der Waals surface area contributed by atoms with Crippen LogP contribution in [-0.4, -0.2) is 19.7 Å². The Morgan fingerprint density at radius 1 is 1.13 bits per heavy atom. The number of methoxy groups -OCH3 is 1. The number of esters is 1. The summed E-state index contributed by atoms with van der Waals surface area (Å²) in [5.41, 5.74) is 1.57. The quantitative estimate of drug-likeness (QED) is 0.255. The van der Waals surface area contributed by atoms with Crippen molar-refractivity contribution in [3.05, 3.63) is 75.8 Å². The molecule has 3 aromatic carbocycles. The number of rotatable bonds is 7. The van der Waals surface area contributed by atoms with E-state index in [0.717, 1.165) is 16.3 Å². The number of carbonyl (C=O) groups is 1. The zero-order valence-electron chi connectivity index (χ0n) is 16.6. The van der Waals surface area contributed by atoms with Gasteiger partial charge in [-0.25, -0.2) is 4.79 Å². The minimum absolute atomic E-state index is 0.0935. The summed E-state index contributed by atoms with van der Waals surface area (Å²) in [6.07, 6.45) is 1.46. The fraction of sp³-hybridized carbons (Fsp3) is 0.167. The topological polar surface area (TPSA) is 68.6 Å². The first-order valence-corrected chi connectivity index (χ1v) is 10.1. The van der Waals surface area contributed by atoms with Crippen LogP contribution in [0.4, 0.5) is 0 Å². The molecule has 0 aromatic heterocycles. The summed E-state index contributed by atoms with van der Waals surface area (Å²) >= 11 is 3.48. The Morgan fingerprint density at radius 3 is 2.63 bits per heavy atom. The number of ether oxygens (including phenoxy) is 3. The number of hydrogen-bond donors (Lipinski definition) is 0. The van der Waals surface area contributed by atoms with Crippen molar-refractivity contribution in [1.29, 1.82) is 5.26 Å². The molecule has 0 saturated heterocycles. The summed E-state index contributed by atoms with van der Waals surface area (Å²) in [5.74, 6) is 0.372. The molecule has 0 saturated carbocycles. The van der Waals surface area contributed by atoms with Crippen LogP contribution in [-0.2, 0) is 16.1 Å². The summed E-state index contributed by atoms with van der Waals surface area (Å²) in [5, 5.41) is 11.5. The number of nitriles is 1. The maximum atomic E-state index is 11.9. The standard InChI is InChI=1S/C24H20BrNO4/c1-3-29-24(27)19(14-26)11-18-12-22(28-2)23(13-21(18)25)30-15-17-9-6-8-16-7-4-5-10-20(16)17/h4-13H,3,15H2,1-2H3/b19-11-. The van der Waals surface area contributed by atoms with E-state index in [9.17, 15) is 10.1 Å². The second-order valence-electron chi connectivity index (χ2n) is 6.34. The van der Waals surface area contributed by atoms with Crippen molar-refractivity contribution in [3.8, 4) is 17.6 Å². The van der Waals surface area contributed by atoms with Crippen LogP contribution in [0.25, 0.3) is 16.8 Å². The van der Waals surface area contributed by atoms with Crippen LogP contribution in [0.2, 0.25) is 0 Å². The molecule has 0 aliphatic heterocycles. The Labute approximate surface area is 183 Å².